The first-order valence-electron chi connectivity index (χ1n) is 6.98. The van der Waals surface area contributed by atoms with Gasteiger partial charge < -0.3 is 15.2 Å². The van der Waals surface area contributed by atoms with E-state index in [4.69, 9.17) is 15.2 Å². The zero-order chi connectivity index (χ0) is 16.6. The van der Waals surface area contributed by atoms with Gasteiger partial charge >= 0.3 is 11.9 Å². The molecule has 0 amide bonds. The lowest BCUT2D eigenvalue weighted by molar-refractivity contribution is 0.0555. The largest absolute Gasteiger partial charge is 0.465 e. The lowest BCUT2D eigenvalue weighted by atomic mass is 9.97. The number of carbonyl (C=O) groups is 2. The van der Waals surface area contributed by atoms with Gasteiger partial charge in [0.1, 0.15) is 0 Å². The van der Waals surface area contributed by atoms with Crippen LogP contribution in [-0.4, -0.2) is 26.2 Å². The minimum absolute atomic E-state index is 0.167. The molecule has 0 spiro atoms. The SMILES string of the molecule is COC(=O)c1cc2cc3cccc(N)c3cc2cc1C(=O)OC. The molecule has 0 aliphatic rings. The van der Waals surface area contributed by atoms with Crippen LogP contribution in [0.4, 0.5) is 5.69 Å². The van der Waals surface area contributed by atoms with Gasteiger partial charge in [0.2, 0.25) is 0 Å². The summed E-state index contributed by atoms with van der Waals surface area (Å²) < 4.78 is 9.52. The van der Waals surface area contributed by atoms with Gasteiger partial charge in [-0.15, -0.1) is 0 Å². The second-order valence-electron chi connectivity index (χ2n) is 5.15. The van der Waals surface area contributed by atoms with E-state index >= 15 is 0 Å². The summed E-state index contributed by atoms with van der Waals surface area (Å²) in [5.74, 6) is -1.17. The van der Waals surface area contributed by atoms with Crippen LogP contribution >= 0.6 is 0 Å². The number of methoxy groups -OCH3 is 2. The maximum Gasteiger partial charge on any atom is 0.338 e. The predicted molar refractivity (Wildman–Crippen MR) is 88.5 cm³/mol. The molecule has 116 valence electrons. The number of ether oxygens (including phenoxy) is 2. The number of carbonyl (C=O) groups excluding carboxylic acids is 2. The Morgan fingerprint density at radius 2 is 1.39 bits per heavy atom. The van der Waals surface area contributed by atoms with E-state index in [0.717, 1.165) is 21.5 Å². The van der Waals surface area contributed by atoms with E-state index in [9.17, 15) is 9.59 Å². The summed E-state index contributed by atoms with van der Waals surface area (Å²) in [5, 5.41) is 3.46. The maximum atomic E-state index is 12.0. The van der Waals surface area contributed by atoms with Crippen LogP contribution in [0.15, 0.2) is 42.5 Å². The topological polar surface area (TPSA) is 78.6 Å². The number of nitrogen functional groups attached to an aromatic ring is 1. The Hall–Kier alpha value is -3.08. The van der Waals surface area contributed by atoms with Crippen LogP contribution in [0, 0.1) is 0 Å². The maximum absolute atomic E-state index is 12.0. The molecule has 2 N–H and O–H groups in total. The molecule has 0 aliphatic heterocycles. The number of hydrogen-bond donors (Lipinski definition) is 1. The van der Waals surface area contributed by atoms with Crippen molar-refractivity contribution in [2.45, 2.75) is 0 Å². The summed E-state index contributed by atoms with van der Waals surface area (Å²) >= 11 is 0. The van der Waals surface area contributed by atoms with Gasteiger partial charge in [0, 0.05) is 11.1 Å². The molecule has 0 unspecified atom stereocenters. The van der Waals surface area contributed by atoms with E-state index in [-0.39, 0.29) is 11.1 Å². The van der Waals surface area contributed by atoms with Crippen molar-refractivity contribution in [3.8, 4) is 0 Å². The molecule has 0 aromatic heterocycles. The van der Waals surface area contributed by atoms with Gasteiger partial charge in [-0.05, 0) is 46.5 Å². The highest BCUT2D eigenvalue weighted by Gasteiger charge is 2.19. The summed E-state index contributed by atoms with van der Waals surface area (Å²) in [6.45, 7) is 0. The smallest absolute Gasteiger partial charge is 0.338 e. The molecule has 3 aromatic carbocycles. The molecule has 23 heavy (non-hydrogen) atoms. The number of benzene rings is 3. The standard InChI is InChI=1S/C18H15NO4/c1-22-17(20)14-8-11-6-10-4-3-5-16(19)13(10)7-12(11)9-15(14)18(21)23-2/h3-9H,19H2,1-2H3. The van der Waals surface area contributed by atoms with Crippen LogP contribution in [0.5, 0.6) is 0 Å². The molecule has 0 saturated carbocycles. The van der Waals surface area contributed by atoms with Gasteiger partial charge in [-0.25, -0.2) is 9.59 Å². The molecule has 0 radical (unpaired) electrons. The van der Waals surface area contributed by atoms with Crippen molar-refractivity contribution in [2.24, 2.45) is 0 Å². The average Bonchev–Trinajstić information content (AvgIpc) is 2.58. The zero-order valence-electron chi connectivity index (χ0n) is 12.8. The van der Waals surface area contributed by atoms with Gasteiger partial charge in [-0.3, -0.25) is 0 Å². The molecule has 0 heterocycles. The van der Waals surface area contributed by atoms with Gasteiger partial charge in [-0.1, -0.05) is 12.1 Å². The van der Waals surface area contributed by atoms with Crippen molar-refractivity contribution in [1.29, 1.82) is 0 Å². The Bertz CT molecular complexity index is 947. The normalized spacial score (nSPS) is 10.7. The Kier molecular flexibility index (Phi) is 3.62. The fraction of sp³-hybridized carbons (Fsp3) is 0.111. The van der Waals surface area contributed by atoms with Crippen molar-refractivity contribution in [3.05, 3.63) is 53.6 Å². The Morgan fingerprint density at radius 3 is 1.96 bits per heavy atom. The van der Waals surface area contributed by atoms with E-state index in [2.05, 4.69) is 0 Å². The van der Waals surface area contributed by atoms with Crippen molar-refractivity contribution in [3.63, 3.8) is 0 Å². The van der Waals surface area contributed by atoms with Crippen LogP contribution in [0.25, 0.3) is 21.5 Å². The van der Waals surface area contributed by atoms with Gasteiger partial charge in [0.15, 0.2) is 0 Å². The first-order valence-corrected chi connectivity index (χ1v) is 6.98. The number of anilines is 1. The number of rotatable bonds is 2. The lowest BCUT2D eigenvalue weighted by Gasteiger charge is -2.10. The number of nitrogens with two attached hydrogens (primary N) is 1. The summed E-state index contributed by atoms with van der Waals surface area (Å²) in [7, 11) is 2.54. The van der Waals surface area contributed by atoms with E-state index in [1.54, 1.807) is 12.1 Å². The quantitative estimate of drug-likeness (QED) is 0.447. The monoisotopic (exact) mass is 309 g/mol. The summed E-state index contributed by atoms with van der Waals surface area (Å²) in [4.78, 5) is 23.9. The minimum atomic E-state index is -0.589. The molecule has 0 aliphatic carbocycles. The molecule has 3 aromatic rings. The third-order valence-corrected chi connectivity index (χ3v) is 3.82. The van der Waals surface area contributed by atoms with Crippen LogP contribution < -0.4 is 5.73 Å². The Labute approximate surface area is 132 Å². The molecule has 5 heteroatoms. The molecule has 0 fully saturated rings. The van der Waals surface area contributed by atoms with E-state index in [1.165, 1.54) is 14.2 Å². The van der Waals surface area contributed by atoms with Crippen LogP contribution in [-0.2, 0) is 9.47 Å². The van der Waals surface area contributed by atoms with Crippen LogP contribution in [0.3, 0.4) is 0 Å². The summed E-state index contributed by atoms with van der Waals surface area (Å²) in [6.07, 6.45) is 0. The Morgan fingerprint density at radius 1 is 0.826 bits per heavy atom. The van der Waals surface area contributed by atoms with Gasteiger partial charge in [0.25, 0.3) is 0 Å². The number of fused-ring (bicyclic) bond motifs is 2. The van der Waals surface area contributed by atoms with Crippen molar-refractivity contribution < 1.29 is 19.1 Å². The second-order valence-corrected chi connectivity index (χ2v) is 5.15. The van der Waals surface area contributed by atoms with Crippen molar-refractivity contribution in [1.82, 2.24) is 0 Å². The minimum Gasteiger partial charge on any atom is -0.465 e. The first-order chi connectivity index (χ1) is 11.0. The van der Waals surface area contributed by atoms with Crippen molar-refractivity contribution >= 4 is 39.2 Å². The average molecular weight is 309 g/mol. The highest BCUT2D eigenvalue weighted by molar-refractivity contribution is 6.10. The molecule has 3 rings (SSSR count). The lowest BCUT2D eigenvalue weighted by Crippen LogP contribution is -2.11. The molecule has 5 nitrogen and oxygen atoms in total. The van der Waals surface area contributed by atoms with E-state index in [0.29, 0.717) is 5.69 Å². The molecular weight excluding hydrogens is 294 g/mol. The fourth-order valence-electron chi connectivity index (χ4n) is 2.66. The highest BCUT2D eigenvalue weighted by Crippen LogP contribution is 2.29. The predicted octanol–water partition coefficient (Wildman–Crippen LogP) is 3.15. The zero-order valence-corrected chi connectivity index (χ0v) is 12.8. The molecular formula is C18H15NO4. The van der Waals surface area contributed by atoms with E-state index in [1.807, 2.05) is 30.3 Å². The highest BCUT2D eigenvalue weighted by atomic mass is 16.5. The van der Waals surface area contributed by atoms with Gasteiger partial charge in [0.05, 0.1) is 25.3 Å². The third kappa shape index (κ3) is 2.46. The fourth-order valence-corrected chi connectivity index (χ4v) is 2.66. The summed E-state index contributed by atoms with van der Waals surface area (Å²) in [5.41, 5.74) is 7.00. The van der Waals surface area contributed by atoms with Crippen LogP contribution in [0.2, 0.25) is 0 Å². The first kappa shape index (κ1) is 14.8. The van der Waals surface area contributed by atoms with Crippen molar-refractivity contribution in [2.75, 3.05) is 20.0 Å². The van der Waals surface area contributed by atoms with Gasteiger partial charge in [-0.2, -0.15) is 0 Å². The molecule has 0 atom stereocenters. The Balaban J connectivity index is 2.36. The third-order valence-electron chi connectivity index (χ3n) is 3.82. The second kappa shape index (κ2) is 5.61. The molecule has 0 bridgehead atoms. The number of esters is 2. The summed E-state index contributed by atoms with van der Waals surface area (Å²) in [6, 6.07) is 12.7. The molecule has 0 saturated heterocycles. The number of hydrogen-bond acceptors (Lipinski definition) is 5. The van der Waals surface area contributed by atoms with Crippen LogP contribution in [0.1, 0.15) is 20.7 Å². The van der Waals surface area contributed by atoms with E-state index < -0.39 is 11.9 Å².